The number of benzene rings is 2. The van der Waals surface area contributed by atoms with E-state index in [0.29, 0.717) is 18.7 Å². The number of aryl methyl sites for hydroxylation is 2. The molecule has 0 unspecified atom stereocenters. The number of fused-ring (bicyclic) bond motifs is 4. The van der Waals surface area contributed by atoms with E-state index in [1.165, 1.54) is 0 Å². The molecule has 3 aromatic rings. The van der Waals surface area contributed by atoms with Crippen LogP contribution in [0.2, 0.25) is 0 Å². The zero-order valence-corrected chi connectivity index (χ0v) is 19.8. The predicted molar refractivity (Wildman–Crippen MR) is 128 cm³/mol. The van der Waals surface area contributed by atoms with Crippen molar-refractivity contribution in [2.75, 3.05) is 13.1 Å². The maximum Gasteiger partial charge on any atom is 0.253 e. The third-order valence-corrected chi connectivity index (χ3v) is 6.72. The van der Waals surface area contributed by atoms with Crippen molar-refractivity contribution in [2.45, 2.75) is 58.8 Å². The summed E-state index contributed by atoms with van der Waals surface area (Å²) in [7, 11) is 0. The number of carbonyl (C=O) groups excluding carboxylic acids is 1. The molecule has 0 radical (unpaired) electrons. The minimum atomic E-state index is -0.446. The number of hydrogen-bond donors (Lipinski definition) is 0. The van der Waals surface area contributed by atoms with Gasteiger partial charge in [-0.1, -0.05) is 12.1 Å². The summed E-state index contributed by atoms with van der Waals surface area (Å²) >= 11 is 0. The molecule has 1 aromatic heterocycles. The van der Waals surface area contributed by atoms with Crippen molar-refractivity contribution in [3.63, 3.8) is 0 Å². The van der Waals surface area contributed by atoms with E-state index >= 15 is 0 Å². The third kappa shape index (κ3) is 3.67. The van der Waals surface area contributed by atoms with Crippen molar-refractivity contribution in [3.05, 3.63) is 65.4 Å². The van der Waals surface area contributed by atoms with Gasteiger partial charge < -0.3 is 14.4 Å². The highest BCUT2D eigenvalue weighted by Gasteiger charge is 2.46. The first kappa shape index (κ1) is 21.6. The van der Waals surface area contributed by atoms with E-state index < -0.39 is 5.60 Å². The molecule has 0 saturated carbocycles. The standard InChI is InChI=1S/C27H31N3O3/c1-5-30-25-21-8-6-7-9-24(21)33-27(22(25)17-28-30)12-14-29(15-13-27)26(31)20-10-11-23(19(4)16-20)32-18(2)3/h6-11,16-18H,5,12-15H2,1-4H3. The Bertz CT molecular complexity index is 1190. The molecule has 6 nitrogen and oxygen atoms in total. The Labute approximate surface area is 195 Å². The van der Waals surface area contributed by atoms with Crippen molar-refractivity contribution >= 4 is 5.91 Å². The lowest BCUT2D eigenvalue weighted by molar-refractivity contribution is -0.00174. The van der Waals surface area contributed by atoms with Gasteiger partial charge in [0.25, 0.3) is 5.91 Å². The summed E-state index contributed by atoms with van der Waals surface area (Å²) in [6.07, 6.45) is 3.54. The number of piperidine rings is 1. The van der Waals surface area contributed by atoms with Crippen molar-refractivity contribution in [1.82, 2.24) is 14.7 Å². The Morgan fingerprint density at radius 3 is 2.64 bits per heavy atom. The Balaban J connectivity index is 1.38. The number of amides is 1. The van der Waals surface area contributed by atoms with Gasteiger partial charge in [0, 0.05) is 49.2 Å². The molecular weight excluding hydrogens is 414 g/mol. The Morgan fingerprint density at radius 2 is 1.94 bits per heavy atom. The van der Waals surface area contributed by atoms with Gasteiger partial charge in [-0.25, -0.2) is 0 Å². The summed E-state index contributed by atoms with van der Waals surface area (Å²) in [5.74, 6) is 1.79. The van der Waals surface area contributed by atoms with Crippen LogP contribution in [0.5, 0.6) is 11.5 Å². The number of carbonyl (C=O) groups is 1. The van der Waals surface area contributed by atoms with Crippen LogP contribution in [0.15, 0.2) is 48.7 Å². The van der Waals surface area contributed by atoms with Gasteiger partial charge in [-0.15, -0.1) is 0 Å². The molecular formula is C27H31N3O3. The molecule has 2 aliphatic rings. The van der Waals surface area contributed by atoms with Crippen LogP contribution in [0.1, 0.15) is 55.1 Å². The average molecular weight is 446 g/mol. The van der Waals surface area contributed by atoms with E-state index in [9.17, 15) is 4.79 Å². The molecule has 0 aliphatic carbocycles. The predicted octanol–water partition coefficient (Wildman–Crippen LogP) is 5.19. The minimum Gasteiger partial charge on any atom is -0.491 e. The van der Waals surface area contributed by atoms with Crippen molar-refractivity contribution in [3.8, 4) is 22.8 Å². The van der Waals surface area contributed by atoms with Crippen LogP contribution in [-0.4, -0.2) is 39.8 Å². The fourth-order valence-electron chi connectivity index (χ4n) is 5.05. The highest BCUT2D eigenvalue weighted by molar-refractivity contribution is 5.94. The number of para-hydroxylation sites is 1. The molecule has 1 fully saturated rings. The lowest BCUT2D eigenvalue weighted by atomic mass is 9.81. The number of nitrogens with zero attached hydrogens (tertiary/aromatic N) is 3. The first-order valence-electron chi connectivity index (χ1n) is 11.8. The van der Waals surface area contributed by atoms with Crippen molar-refractivity contribution < 1.29 is 14.3 Å². The van der Waals surface area contributed by atoms with Gasteiger partial charge in [0.05, 0.1) is 18.0 Å². The molecule has 2 aliphatic heterocycles. The number of rotatable bonds is 4. The lowest BCUT2D eigenvalue weighted by Gasteiger charge is -2.44. The van der Waals surface area contributed by atoms with Crippen LogP contribution in [0.25, 0.3) is 11.3 Å². The van der Waals surface area contributed by atoms with Gasteiger partial charge in [-0.3, -0.25) is 9.48 Å². The van der Waals surface area contributed by atoms with Gasteiger partial charge in [-0.05, 0) is 63.6 Å². The third-order valence-electron chi connectivity index (χ3n) is 6.72. The summed E-state index contributed by atoms with van der Waals surface area (Å²) in [5.41, 5.74) is 4.62. The summed E-state index contributed by atoms with van der Waals surface area (Å²) in [4.78, 5) is 15.2. The summed E-state index contributed by atoms with van der Waals surface area (Å²) in [6, 6.07) is 13.9. The maximum absolute atomic E-state index is 13.3. The van der Waals surface area contributed by atoms with Crippen LogP contribution in [0, 0.1) is 6.92 Å². The molecule has 33 heavy (non-hydrogen) atoms. The van der Waals surface area contributed by atoms with Crippen LogP contribution in [0.4, 0.5) is 0 Å². The van der Waals surface area contributed by atoms with Crippen LogP contribution in [0.3, 0.4) is 0 Å². The molecule has 3 heterocycles. The normalized spacial score (nSPS) is 16.3. The minimum absolute atomic E-state index is 0.0599. The summed E-state index contributed by atoms with van der Waals surface area (Å²) < 4.78 is 14.5. The number of hydrogen-bond acceptors (Lipinski definition) is 4. The maximum atomic E-state index is 13.3. The highest BCUT2D eigenvalue weighted by Crippen LogP contribution is 2.49. The van der Waals surface area contributed by atoms with Crippen molar-refractivity contribution in [2.24, 2.45) is 0 Å². The largest absolute Gasteiger partial charge is 0.491 e. The number of ether oxygens (including phenoxy) is 2. The molecule has 0 atom stereocenters. The quantitative estimate of drug-likeness (QED) is 0.555. The molecule has 0 bridgehead atoms. The van der Waals surface area contributed by atoms with E-state index in [2.05, 4.69) is 22.8 Å². The Hall–Kier alpha value is -3.28. The van der Waals surface area contributed by atoms with Crippen LogP contribution >= 0.6 is 0 Å². The van der Waals surface area contributed by atoms with E-state index in [0.717, 1.165) is 53.3 Å². The average Bonchev–Trinajstić information content (AvgIpc) is 3.26. The molecule has 0 N–H and O–H groups in total. The summed E-state index contributed by atoms with van der Waals surface area (Å²) in [5, 5.41) is 4.65. The monoisotopic (exact) mass is 445 g/mol. The van der Waals surface area contributed by atoms with Gasteiger partial charge in [0.1, 0.15) is 17.1 Å². The van der Waals surface area contributed by atoms with Gasteiger partial charge in [-0.2, -0.15) is 5.10 Å². The molecule has 5 rings (SSSR count). The Kier molecular flexibility index (Phi) is 5.39. The molecule has 1 saturated heterocycles. The van der Waals surface area contributed by atoms with Gasteiger partial charge in [0.15, 0.2) is 0 Å². The zero-order valence-electron chi connectivity index (χ0n) is 19.8. The first-order valence-corrected chi connectivity index (χ1v) is 11.8. The Morgan fingerprint density at radius 1 is 1.18 bits per heavy atom. The van der Waals surface area contributed by atoms with E-state index in [4.69, 9.17) is 9.47 Å². The van der Waals surface area contributed by atoms with Gasteiger partial charge >= 0.3 is 0 Å². The first-order chi connectivity index (χ1) is 15.9. The number of likely N-dealkylation sites (tertiary alicyclic amines) is 1. The molecule has 1 amide bonds. The molecule has 2 aromatic carbocycles. The molecule has 1 spiro atoms. The smallest absolute Gasteiger partial charge is 0.253 e. The zero-order chi connectivity index (χ0) is 23.2. The fraction of sp³-hybridized carbons (Fsp3) is 0.407. The molecule has 172 valence electrons. The van der Waals surface area contributed by atoms with Crippen LogP contribution < -0.4 is 9.47 Å². The second kappa shape index (κ2) is 8.25. The SMILES string of the molecule is CCn1ncc2c1-c1ccccc1OC21CCN(C(=O)c2ccc(OC(C)C)c(C)c2)CC1. The van der Waals surface area contributed by atoms with E-state index in [1.54, 1.807) is 0 Å². The van der Waals surface area contributed by atoms with Gasteiger partial charge in [0.2, 0.25) is 0 Å². The second-order valence-electron chi connectivity index (χ2n) is 9.25. The second-order valence-corrected chi connectivity index (χ2v) is 9.25. The highest BCUT2D eigenvalue weighted by atomic mass is 16.5. The summed E-state index contributed by atoms with van der Waals surface area (Å²) in [6.45, 7) is 10.2. The van der Waals surface area contributed by atoms with Crippen LogP contribution in [-0.2, 0) is 12.1 Å². The van der Waals surface area contributed by atoms with E-state index in [-0.39, 0.29) is 12.0 Å². The van der Waals surface area contributed by atoms with E-state index in [1.807, 2.05) is 68.3 Å². The molecule has 6 heteroatoms. The van der Waals surface area contributed by atoms with Crippen molar-refractivity contribution in [1.29, 1.82) is 0 Å². The number of aromatic nitrogens is 2. The lowest BCUT2D eigenvalue weighted by Crippen LogP contribution is -2.49. The fourth-order valence-corrected chi connectivity index (χ4v) is 5.05. The topological polar surface area (TPSA) is 56.6 Å².